The number of hydrogen-bond acceptors (Lipinski definition) is 5. The number of fused-ring (bicyclic) bond motifs is 1. The van der Waals surface area contributed by atoms with Crippen molar-refractivity contribution in [3.63, 3.8) is 0 Å². The van der Waals surface area contributed by atoms with Crippen molar-refractivity contribution >= 4 is 16.0 Å². The minimum absolute atomic E-state index is 0.159. The molecule has 4 atom stereocenters. The highest BCUT2D eigenvalue weighted by Crippen LogP contribution is 2.37. The lowest BCUT2D eigenvalue weighted by Crippen LogP contribution is -2.72. The summed E-state index contributed by atoms with van der Waals surface area (Å²) in [5.74, 6) is -1.35. The molecule has 104 valence electrons. The van der Waals surface area contributed by atoms with E-state index in [2.05, 4.69) is 4.72 Å². The van der Waals surface area contributed by atoms with E-state index in [0.717, 1.165) is 12.8 Å². The van der Waals surface area contributed by atoms with Gasteiger partial charge in [0, 0.05) is 18.6 Å². The molecule has 1 heterocycles. The molecular weight excluding hydrogens is 260 g/mol. The first-order valence-electron chi connectivity index (χ1n) is 6.00. The lowest BCUT2D eigenvalue weighted by molar-refractivity contribution is -0.136. The van der Waals surface area contributed by atoms with Gasteiger partial charge in [0.2, 0.25) is 10.0 Å². The Morgan fingerprint density at radius 2 is 2.22 bits per heavy atom. The molecule has 7 nitrogen and oxygen atoms in total. The van der Waals surface area contributed by atoms with Crippen molar-refractivity contribution < 1.29 is 23.1 Å². The fourth-order valence-electron chi connectivity index (χ4n) is 2.58. The average Bonchev–Trinajstić information content (AvgIpc) is 2.33. The molecule has 0 bridgehead atoms. The zero-order valence-electron chi connectivity index (χ0n) is 9.91. The first-order valence-corrected chi connectivity index (χ1v) is 7.65. The third-order valence-corrected chi connectivity index (χ3v) is 4.95. The molecule has 4 unspecified atom stereocenters. The molecule has 0 radical (unpaired) electrons. The fraction of sp³-hybridized carbons (Fsp3) is 0.900. The van der Waals surface area contributed by atoms with Crippen LogP contribution in [0.5, 0.6) is 0 Å². The summed E-state index contributed by atoms with van der Waals surface area (Å²) < 4.78 is 31.3. The third kappa shape index (κ3) is 2.82. The zero-order chi connectivity index (χ0) is 13.3. The van der Waals surface area contributed by atoms with Gasteiger partial charge in [0.15, 0.2) is 0 Å². The maximum atomic E-state index is 11.7. The highest BCUT2D eigenvalue weighted by Gasteiger charge is 2.51. The van der Waals surface area contributed by atoms with E-state index in [-0.39, 0.29) is 18.1 Å². The largest absolute Gasteiger partial charge is 0.481 e. The Labute approximate surface area is 106 Å². The van der Waals surface area contributed by atoms with Crippen molar-refractivity contribution in [1.82, 2.24) is 4.72 Å². The van der Waals surface area contributed by atoms with Crippen LogP contribution in [0.15, 0.2) is 0 Å². The smallest absolute Gasteiger partial charge is 0.304 e. The van der Waals surface area contributed by atoms with Gasteiger partial charge in [0.25, 0.3) is 0 Å². The quantitative estimate of drug-likeness (QED) is 0.586. The minimum Gasteiger partial charge on any atom is -0.481 e. The predicted molar refractivity (Wildman–Crippen MR) is 63.4 cm³/mol. The van der Waals surface area contributed by atoms with Gasteiger partial charge in [-0.25, -0.2) is 13.1 Å². The topological polar surface area (TPSA) is 119 Å². The summed E-state index contributed by atoms with van der Waals surface area (Å²) in [4.78, 5) is 10.4. The Balaban J connectivity index is 1.91. The molecule has 0 amide bonds. The van der Waals surface area contributed by atoms with E-state index >= 15 is 0 Å². The van der Waals surface area contributed by atoms with Crippen LogP contribution in [0.4, 0.5) is 0 Å². The molecule has 1 aliphatic heterocycles. The number of hydrogen-bond donors (Lipinski definition) is 3. The number of carbonyl (C=O) groups is 1. The fourth-order valence-corrected chi connectivity index (χ4v) is 3.85. The predicted octanol–water partition coefficient (Wildman–Crippen LogP) is -1.11. The van der Waals surface area contributed by atoms with Gasteiger partial charge in [0.05, 0.1) is 24.3 Å². The minimum atomic E-state index is -3.61. The highest BCUT2D eigenvalue weighted by molar-refractivity contribution is 7.89. The average molecular weight is 278 g/mol. The molecule has 0 aromatic rings. The van der Waals surface area contributed by atoms with E-state index in [0.29, 0.717) is 6.61 Å². The van der Waals surface area contributed by atoms with Crippen LogP contribution in [0.25, 0.3) is 0 Å². The number of carboxylic acid groups (broad SMARTS) is 1. The Kier molecular flexibility index (Phi) is 3.90. The van der Waals surface area contributed by atoms with Gasteiger partial charge in [-0.05, 0) is 12.8 Å². The number of carboxylic acids is 1. The Morgan fingerprint density at radius 3 is 2.89 bits per heavy atom. The van der Waals surface area contributed by atoms with Crippen molar-refractivity contribution in [1.29, 1.82) is 0 Å². The molecule has 1 saturated heterocycles. The summed E-state index contributed by atoms with van der Waals surface area (Å²) in [5, 5.41) is 8.48. The summed E-state index contributed by atoms with van der Waals surface area (Å²) >= 11 is 0. The van der Waals surface area contributed by atoms with Crippen LogP contribution in [0, 0.1) is 5.92 Å². The van der Waals surface area contributed by atoms with E-state index in [1.165, 1.54) is 0 Å². The van der Waals surface area contributed by atoms with E-state index in [9.17, 15) is 13.2 Å². The first-order chi connectivity index (χ1) is 8.41. The summed E-state index contributed by atoms with van der Waals surface area (Å²) in [6, 6.07) is -0.663. The zero-order valence-corrected chi connectivity index (χ0v) is 10.7. The molecule has 0 aromatic carbocycles. The van der Waals surface area contributed by atoms with Crippen LogP contribution in [-0.2, 0) is 19.6 Å². The number of nitrogens with one attached hydrogen (secondary N) is 1. The van der Waals surface area contributed by atoms with E-state index in [1.54, 1.807) is 0 Å². The van der Waals surface area contributed by atoms with Crippen LogP contribution < -0.4 is 10.5 Å². The maximum absolute atomic E-state index is 11.7. The Hall–Kier alpha value is -0.700. The lowest BCUT2D eigenvalue weighted by atomic mass is 9.69. The molecule has 8 heteroatoms. The second kappa shape index (κ2) is 5.12. The second-order valence-electron chi connectivity index (χ2n) is 4.83. The first kappa shape index (κ1) is 13.7. The molecule has 18 heavy (non-hydrogen) atoms. The molecule has 2 fully saturated rings. The van der Waals surface area contributed by atoms with Crippen LogP contribution in [0.3, 0.4) is 0 Å². The van der Waals surface area contributed by atoms with Crippen LogP contribution in [0.2, 0.25) is 0 Å². The van der Waals surface area contributed by atoms with Gasteiger partial charge in [-0.15, -0.1) is 0 Å². The SMILES string of the molecule is NC1C2CCCOC2C1NS(=O)(=O)CCC(=O)O. The lowest BCUT2D eigenvalue weighted by Gasteiger charge is -2.52. The van der Waals surface area contributed by atoms with E-state index in [4.69, 9.17) is 15.6 Å². The molecule has 2 aliphatic rings. The standard InChI is InChI=1S/C10H18N2O5S/c11-8-6-2-1-4-17-10(6)9(8)12-18(15,16)5-3-7(13)14/h6,8-10,12H,1-5,11H2,(H,13,14). The molecule has 0 aromatic heterocycles. The van der Waals surface area contributed by atoms with Crippen molar-refractivity contribution in [3.8, 4) is 0 Å². The summed E-state index contributed by atoms with van der Waals surface area (Å²) in [5.41, 5.74) is 5.92. The number of rotatable bonds is 5. The Bertz CT molecular complexity index is 424. The summed E-state index contributed by atoms with van der Waals surface area (Å²) in [6.07, 6.45) is 1.34. The van der Waals surface area contributed by atoms with Gasteiger partial charge in [-0.2, -0.15) is 0 Å². The van der Waals surface area contributed by atoms with Gasteiger partial charge < -0.3 is 15.6 Å². The molecule has 0 spiro atoms. The monoisotopic (exact) mass is 278 g/mol. The van der Waals surface area contributed by atoms with E-state index < -0.39 is 34.2 Å². The van der Waals surface area contributed by atoms with Gasteiger partial charge in [0.1, 0.15) is 0 Å². The molecule has 1 aliphatic carbocycles. The van der Waals surface area contributed by atoms with Crippen LogP contribution >= 0.6 is 0 Å². The number of ether oxygens (including phenoxy) is 1. The van der Waals surface area contributed by atoms with Crippen molar-refractivity contribution in [2.24, 2.45) is 11.7 Å². The van der Waals surface area contributed by atoms with Gasteiger partial charge in [-0.1, -0.05) is 0 Å². The molecule has 1 saturated carbocycles. The third-order valence-electron chi connectivity index (χ3n) is 3.58. The highest BCUT2D eigenvalue weighted by atomic mass is 32.2. The normalized spacial score (nSPS) is 35.6. The van der Waals surface area contributed by atoms with Gasteiger partial charge >= 0.3 is 5.97 Å². The summed E-state index contributed by atoms with van der Waals surface area (Å²) in [6.45, 7) is 0.626. The maximum Gasteiger partial charge on any atom is 0.304 e. The molecule has 4 N–H and O–H groups in total. The van der Waals surface area contributed by atoms with Crippen LogP contribution in [-0.4, -0.2) is 50.0 Å². The molecular formula is C10H18N2O5S. The number of aliphatic carboxylic acids is 1. The number of nitrogens with two attached hydrogens (primary N) is 1. The van der Waals surface area contributed by atoms with E-state index in [1.807, 2.05) is 0 Å². The van der Waals surface area contributed by atoms with Crippen LogP contribution in [0.1, 0.15) is 19.3 Å². The Morgan fingerprint density at radius 1 is 1.50 bits per heavy atom. The molecule has 2 rings (SSSR count). The van der Waals surface area contributed by atoms with Crippen molar-refractivity contribution in [3.05, 3.63) is 0 Å². The second-order valence-corrected chi connectivity index (χ2v) is 6.70. The number of sulfonamides is 1. The van der Waals surface area contributed by atoms with Gasteiger partial charge in [-0.3, -0.25) is 4.79 Å². The van der Waals surface area contributed by atoms with Crippen molar-refractivity contribution in [2.45, 2.75) is 37.5 Å². The van der Waals surface area contributed by atoms with Crippen molar-refractivity contribution in [2.75, 3.05) is 12.4 Å². The summed E-state index contributed by atoms with van der Waals surface area (Å²) in [7, 11) is -3.61.